The number of furan rings is 1. The van der Waals surface area contributed by atoms with Crippen molar-refractivity contribution < 1.29 is 9.21 Å². The summed E-state index contributed by atoms with van der Waals surface area (Å²) < 4.78 is 5.31. The van der Waals surface area contributed by atoms with E-state index in [9.17, 15) is 4.79 Å². The molecule has 2 atom stereocenters. The fourth-order valence-corrected chi connectivity index (χ4v) is 2.44. The van der Waals surface area contributed by atoms with Crippen molar-refractivity contribution in [1.82, 2.24) is 5.32 Å². The molecule has 1 aromatic heterocycles. The van der Waals surface area contributed by atoms with E-state index < -0.39 is 0 Å². The molecule has 3 nitrogen and oxygen atoms in total. The standard InChI is InChI=1S/C16H17NO2/c1-11-7-8-19-15(11)10-17-16(18)14-9-13(14)12-5-3-2-4-6-12/h2-8,13-14H,9-10H2,1H3,(H,17,18)/t13-,14+/m1/s1. The van der Waals surface area contributed by atoms with E-state index in [2.05, 4.69) is 17.4 Å². The second kappa shape index (κ2) is 4.92. The predicted molar refractivity (Wildman–Crippen MR) is 72.6 cm³/mol. The molecule has 1 aliphatic carbocycles. The Hall–Kier alpha value is -2.03. The van der Waals surface area contributed by atoms with Gasteiger partial charge in [-0.15, -0.1) is 0 Å². The van der Waals surface area contributed by atoms with Crippen molar-refractivity contribution in [3.8, 4) is 0 Å². The minimum absolute atomic E-state index is 0.123. The summed E-state index contributed by atoms with van der Waals surface area (Å²) in [7, 11) is 0. The Kier molecular flexibility index (Phi) is 3.11. The van der Waals surface area contributed by atoms with Crippen LogP contribution in [-0.4, -0.2) is 5.91 Å². The first kappa shape index (κ1) is 12.0. The molecule has 1 fully saturated rings. The SMILES string of the molecule is Cc1ccoc1CNC(=O)[C@H]1C[C@@H]1c1ccccc1. The third-order valence-electron chi connectivity index (χ3n) is 3.75. The number of aryl methyl sites for hydroxylation is 1. The van der Waals surface area contributed by atoms with Gasteiger partial charge in [-0.05, 0) is 36.5 Å². The zero-order valence-corrected chi connectivity index (χ0v) is 10.9. The maximum absolute atomic E-state index is 12.0. The smallest absolute Gasteiger partial charge is 0.224 e. The van der Waals surface area contributed by atoms with Gasteiger partial charge in [-0.25, -0.2) is 0 Å². The van der Waals surface area contributed by atoms with E-state index >= 15 is 0 Å². The Morgan fingerprint density at radius 3 is 2.79 bits per heavy atom. The van der Waals surface area contributed by atoms with Crippen molar-refractivity contribution in [1.29, 1.82) is 0 Å². The van der Waals surface area contributed by atoms with Crippen LogP contribution >= 0.6 is 0 Å². The summed E-state index contributed by atoms with van der Waals surface area (Å²) >= 11 is 0. The summed E-state index contributed by atoms with van der Waals surface area (Å²) in [6.45, 7) is 2.46. The van der Waals surface area contributed by atoms with Crippen molar-refractivity contribution in [2.75, 3.05) is 0 Å². The number of rotatable bonds is 4. The van der Waals surface area contributed by atoms with Gasteiger partial charge in [0.2, 0.25) is 5.91 Å². The highest BCUT2D eigenvalue weighted by atomic mass is 16.3. The first-order valence-electron chi connectivity index (χ1n) is 6.61. The van der Waals surface area contributed by atoms with Crippen LogP contribution in [0.5, 0.6) is 0 Å². The van der Waals surface area contributed by atoms with Gasteiger partial charge in [-0.3, -0.25) is 4.79 Å². The number of hydrogen-bond acceptors (Lipinski definition) is 2. The maximum atomic E-state index is 12.0. The van der Waals surface area contributed by atoms with Crippen LogP contribution in [0.2, 0.25) is 0 Å². The van der Waals surface area contributed by atoms with E-state index in [1.54, 1.807) is 6.26 Å². The topological polar surface area (TPSA) is 42.2 Å². The normalized spacial score (nSPS) is 21.1. The summed E-state index contributed by atoms with van der Waals surface area (Å²) in [4.78, 5) is 12.0. The highest BCUT2D eigenvalue weighted by Crippen LogP contribution is 2.47. The summed E-state index contributed by atoms with van der Waals surface area (Å²) in [5.41, 5.74) is 2.34. The van der Waals surface area contributed by atoms with Crippen LogP contribution in [0.15, 0.2) is 47.1 Å². The van der Waals surface area contributed by atoms with Gasteiger partial charge in [-0.1, -0.05) is 30.3 Å². The Balaban J connectivity index is 1.55. The van der Waals surface area contributed by atoms with E-state index in [-0.39, 0.29) is 11.8 Å². The third-order valence-corrected chi connectivity index (χ3v) is 3.75. The second-order valence-electron chi connectivity index (χ2n) is 5.10. The van der Waals surface area contributed by atoms with Gasteiger partial charge in [-0.2, -0.15) is 0 Å². The van der Waals surface area contributed by atoms with Gasteiger partial charge in [0.15, 0.2) is 0 Å². The predicted octanol–water partition coefficient (Wildman–Crippen LogP) is 3.01. The Labute approximate surface area is 112 Å². The Bertz CT molecular complexity index is 573. The first-order chi connectivity index (χ1) is 9.25. The molecule has 1 N–H and O–H groups in total. The van der Waals surface area contributed by atoms with E-state index in [1.807, 2.05) is 31.2 Å². The van der Waals surface area contributed by atoms with E-state index in [4.69, 9.17) is 4.42 Å². The van der Waals surface area contributed by atoms with E-state index in [0.29, 0.717) is 12.5 Å². The number of nitrogens with one attached hydrogen (secondary N) is 1. The molecule has 0 radical (unpaired) electrons. The number of amides is 1. The lowest BCUT2D eigenvalue weighted by Crippen LogP contribution is -2.24. The monoisotopic (exact) mass is 255 g/mol. The highest BCUT2D eigenvalue weighted by molar-refractivity contribution is 5.82. The number of hydrogen-bond donors (Lipinski definition) is 1. The molecule has 0 saturated heterocycles. The number of carbonyl (C=O) groups excluding carboxylic acids is 1. The van der Waals surface area contributed by atoms with Crippen molar-refractivity contribution in [2.24, 2.45) is 5.92 Å². The molecule has 1 aliphatic rings. The first-order valence-corrected chi connectivity index (χ1v) is 6.61. The van der Waals surface area contributed by atoms with Crippen LogP contribution in [0.25, 0.3) is 0 Å². The largest absolute Gasteiger partial charge is 0.467 e. The van der Waals surface area contributed by atoms with E-state index in [0.717, 1.165) is 17.7 Å². The quantitative estimate of drug-likeness (QED) is 0.912. The van der Waals surface area contributed by atoms with Gasteiger partial charge in [0, 0.05) is 5.92 Å². The molecule has 3 rings (SSSR count). The molecule has 1 aromatic carbocycles. The average Bonchev–Trinajstić information content (AvgIpc) is 3.14. The van der Waals surface area contributed by atoms with Gasteiger partial charge < -0.3 is 9.73 Å². The van der Waals surface area contributed by atoms with Gasteiger partial charge in [0.1, 0.15) is 5.76 Å². The molecule has 2 aromatic rings. The second-order valence-corrected chi connectivity index (χ2v) is 5.10. The third kappa shape index (κ3) is 2.55. The lowest BCUT2D eigenvalue weighted by atomic mass is 10.1. The summed E-state index contributed by atoms with van der Waals surface area (Å²) in [5.74, 6) is 1.48. The Morgan fingerprint density at radius 1 is 1.32 bits per heavy atom. The van der Waals surface area contributed by atoms with Crippen LogP contribution in [0.1, 0.15) is 29.2 Å². The van der Waals surface area contributed by atoms with Gasteiger partial charge >= 0.3 is 0 Å². The van der Waals surface area contributed by atoms with Crippen molar-refractivity contribution in [3.05, 3.63) is 59.5 Å². The zero-order chi connectivity index (χ0) is 13.2. The maximum Gasteiger partial charge on any atom is 0.224 e. The molecular weight excluding hydrogens is 238 g/mol. The number of carbonyl (C=O) groups is 1. The van der Waals surface area contributed by atoms with Crippen molar-refractivity contribution in [3.63, 3.8) is 0 Å². The molecule has 0 spiro atoms. The van der Waals surface area contributed by atoms with Crippen LogP contribution < -0.4 is 5.32 Å². The van der Waals surface area contributed by atoms with Crippen LogP contribution in [0, 0.1) is 12.8 Å². The lowest BCUT2D eigenvalue weighted by molar-refractivity contribution is -0.122. The average molecular weight is 255 g/mol. The molecule has 19 heavy (non-hydrogen) atoms. The van der Waals surface area contributed by atoms with Crippen molar-refractivity contribution in [2.45, 2.75) is 25.8 Å². The van der Waals surface area contributed by atoms with Gasteiger partial charge in [0.25, 0.3) is 0 Å². The lowest BCUT2D eigenvalue weighted by Gasteiger charge is -2.04. The van der Waals surface area contributed by atoms with Crippen LogP contribution in [-0.2, 0) is 11.3 Å². The minimum atomic E-state index is 0.123. The Morgan fingerprint density at radius 2 is 2.11 bits per heavy atom. The van der Waals surface area contributed by atoms with Gasteiger partial charge in [0.05, 0.1) is 12.8 Å². The molecule has 1 heterocycles. The summed E-state index contributed by atoms with van der Waals surface area (Å²) in [5, 5.41) is 2.95. The van der Waals surface area contributed by atoms with Crippen LogP contribution in [0.4, 0.5) is 0 Å². The molecule has 1 amide bonds. The molecule has 98 valence electrons. The summed E-state index contributed by atoms with van der Waals surface area (Å²) in [6.07, 6.45) is 2.60. The molecular formula is C16H17NO2. The molecule has 0 aliphatic heterocycles. The fraction of sp³-hybridized carbons (Fsp3) is 0.312. The molecule has 1 saturated carbocycles. The highest BCUT2D eigenvalue weighted by Gasteiger charge is 2.43. The minimum Gasteiger partial charge on any atom is -0.467 e. The number of benzene rings is 1. The molecule has 3 heteroatoms. The van der Waals surface area contributed by atoms with E-state index in [1.165, 1.54) is 5.56 Å². The molecule has 0 bridgehead atoms. The fourth-order valence-electron chi connectivity index (χ4n) is 2.44. The van der Waals surface area contributed by atoms with Crippen LogP contribution in [0.3, 0.4) is 0 Å². The summed E-state index contributed by atoms with van der Waals surface area (Å²) in [6, 6.07) is 12.1. The zero-order valence-electron chi connectivity index (χ0n) is 10.9. The van der Waals surface area contributed by atoms with Crippen molar-refractivity contribution >= 4 is 5.91 Å². The molecule has 0 unspecified atom stereocenters.